The maximum Gasteiger partial charge on any atom is 0.135 e. The summed E-state index contributed by atoms with van der Waals surface area (Å²) in [5.41, 5.74) is 9.44. The second-order valence-electron chi connectivity index (χ2n) is 9.65. The van der Waals surface area contributed by atoms with E-state index in [1.807, 2.05) is 60.9 Å². The Kier molecular flexibility index (Phi) is 6.07. The van der Waals surface area contributed by atoms with Crippen molar-refractivity contribution in [3.05, 3.63) is 120 Å². The third kappa shape index (κ3) is 4.61. The summed E-state index contributed by atoms with van der Waals surface area (Å²) in [4.78, 5) is 17.4. The maximum atomic E-state index is 13.9. The molecule has 0 fully saturated rings. The number of aromatic amines is 2. The number of H-pyrrole nitrogens is 2. The molecule has 7 aromatic rings. The molecule has 40 heavy (non-hydrogen) atoms. The van der Waals surface area contributed by atoms with Crippen LogP contribution in [0.4, 0.5) is 4.39 Å². The van der Waals surface area contributed by atoms with Gasteiger partial charge < -0.3 is 10.3 Å². The van der Waals surface area contributed by atoms with E-state index in [9.17, 15) is 4.39 Å². The van der Waals surface area contributed by atoms with Crippen LogP contribution in [0.2, 0.25) is 0 Å². The summed E-state index contributed by atoms with van der Waals surface area (Å²) < 4.78 is 13.9. The zero-order chi connectivity index (χ0) is 26.9. The molecule has 0 saturated carbocycles. The van der Waals surface area contributed by atoms with Crippen LogP contribution in [0.15, 0.2) is 104 Å². The van der Waals surface area contributed by atoms with Gasteiger partial charge in [-0.2, -0.15) is 5.10 Å². The molecule has 0 amide bonds. The predicted molar refractivity (Wildman–Crippen MR) is 155 cm³/mol. The summed E-state index contributed by atoms with van der Waals surface area (Å²) in [6.45, 7) is 1.49. The fourth-order valence-electron chi connectivity index (χ4n) is 4.97. The van der Waals surface area contributed by atoms with E-state index in [0.717, 1.165) is 51.0 Å². The molecule has 2 aromatic carbocycles. The highest BCUT2D eigenvalue weighted by atomic mass is 19.1. The SMILES string of the molecule is Fc1cccc(-c2nccc3[nH]c(-c4n[nH]c5ccc(-c6cncc(CNCc7ccccc7)c6)nc45)cc23)c1. The molecule has 5 heterocycles. The lowest BCUT2D eigenvalue weighted by Gasteiger charge is -2.07. The van der Waals surface area contributed by atoms with Gasteiger partial charge in [-0.25, -0.2) is 9.37 Å². The molecule has 8 heteroatoms. The van der Waals surface area contributed by atoms with Crippen molar-refractivity contribution in [3.8, 4) is 33.9 Å². The van der Waals surface area contributed by atoms with E-state index in [2.05, 4.69) is 48.7 Å². The molecule has 0 atom stereocenters. The lowest BCUT2D eigenvalue weighted by Crippen LogP contribution is -2.12. The highest BCUT2D eigenvalue weighted by molar-refractivity contribution is 5.99. The Morgan fingerprint density at radius 3 is 2.55 bits per heavy atom. The number of halogens is 1. The third-order valence-corrected chi connectivity index (χ3v) is 6.90. The molecule has 0 unspecified atom stereocenters. The highest BCUT2D eigenvalue weighted by Crippen LogP contribution is 2.33. The molecule has 0 aliphatic carbocycles. The molecule has 0 aliphatic rings. The Balaban J connectivity index is 1.20. The van der Waals surface area contributed by atoms with Gasteiger partial charge in [0.2, 0.25) is 0 Å². The van der Waals surface area contributed by atoms with Gasteiger partial charge in [0, 0.05) is 53.7 Å². The van der Waals surface area contributed by atoms with Gasteiger partial charge in [-0.1, -0.05) is 42.5 Å². The average molecular weight is 526 g/mol. The van der Waals surface area contributed by atoms with Crippen molar-refractivity contribution < 1.29 is 4.39 Å². The van der Waals surface area contributed by atoms with Crippen LogP contribution in [0.5, 0.6) is 0 Å². The van der Waals surface area contributed by atoms with Crippen molar-refractivity contribution in [2.24, 2.45) is 0 Å². The molecule has 0 saturated heterocycles. The van der Waals surface area contributed by atoms with Crippen LogP contribution < -0.4 is 5.32 Å². The van der Waals surface area contributed by atoms with Gasteiger partial charge in [0.25, 0.3) is 0 Å². The number of pyridine rings is 3. The number of nitrogens with zero attached hydrogens (tertiary/aromatic N) is 4. The maximum absolute atomic E-state index is 13.9. The lowest BCUT2D eigenvalue weighted by atomic mass is 10.1. The Hall–Kier alpha value is -5.21. The number of rotatable bonds is 7. The van der Waals surface area contributed by atoms with Crippen LogP contribution in [-0.2, 0) is 13.1 Å². The van der Waals surface area contributed by atoms with Crippen molar-refractivity contribution in [2.75, 3.05) is 0 Å². The van der Waals surface area contributed by atoms with Crippen LogP contribution in [0.3, 0.4) is 0 Å². The molecule has 7 nitrogen and oxygen atoms in total. The Labute approximate surface area is 229 Å². The van der Waals surface area contributed by atoms with Crippen molar-refractivity contribution in [3.63, 3.8) is 0 Å². The first kappa shape index (κ1) is 23.9. The zero-order valence-electron chi connectivity index (χ0n) is 21.4. The van der Waals surface area contributed by atoms with Crippen LogP contribution in [0, 0.1) is 5.82 Å². The first-order chi connectivity index (χ1) is 19.7. The van der Waals surface area contributed by atoms with Crippen LogP contribution in [-0.4, -0.2) is 30.1 Å². The molecular formula is C32H24FN7. The minimum absolute atomic E-state index is 0.298. The van der Waals surface area contributed by atoms with E-state index in [1.54, 1.807) is 12.3 Å². The molecular weight excluding hydrogens is 501 g/mol. The van der Waals surface area contributed by atoms with E-state index >= 15 is 0 Å². The normalized spacial score (nSPS) is 11.4. The van der Waals surface area contributed by atoms with E-state index < -0.39 is 0 Å². The molecule has 3 N–H and O–H groups in total. The summed E-state index contributed by atoms with van der Waals surface area (Å²) in [5.74, 6) is -0.298. The molecule has 0 bridgehead atoms. The van der Waals surface area contributed by atoms with E-state index in [0.29, 0.717) is 23.5 Å². The molecule has 0 radical (unpaired) electrons. The fraction of sp³-hybridized carbons (Fsp3) is 0.0625. The summed E-state index contributed by atoms with van der Waals surface area (Å²) in [6, 6.07) is 26.7. The number of hydrogen-bond acceptors (Lipinski definition) is 5. The second-order valence-corrected chi connectivity index (χ2v) is 9.65. The summed E-state index contributed by atoms with van der Waals surface area (Å²) in [6.07, 6.45) is 5.42. The average Bonchev–Trinajstić information content (AvgIpc) is 3.62. The van der Waals surface area contributed by atoms with E-state index in [4.69, 9.17) is 4.98 Å². The van der Waals surface area contributed by atoms with Gasteiger partial charge in [-0.3, -0.25) is 15.1 Å². The lowest BCUT2D eigenvalue weighted by molar-refractivity contribution is 0.628. The standard InChI is InChI=1S/C32H24FN7/c33-24-8-4-7-22(14-24)30-25-15-29(37-27(25)11-12-36-30)32-31-28(39-40-32)10-9-26(38-31)23-13-21(18-35-19-23)17-34-16-20-5-2-1-3-6-20/h1-15,18-19,34,37H,16-17H2,(H,39,40). The fourth-order valence-corrected chi connectivity index (χ4v) is 4.97. The Bertz CT molecular complexity index is 1960. The minimum Gasteiger partial charge on any atom is -0.353 e. The van der Waals surface area contributed by atoms with E-state index in [-0.39, 0.29) is 5.82 Å². The monoisotopic (exact) mass is 525 g/mol. The quantitative estimate of drug-likeness (QED) is 0.216. The Morgan fingerprint density at radius 2 is 1.65 bits per heavy atom. The van der Waals surface area contributed by atoms with Crippen molar-refractivity contribution in [1.29, 1.82) is 0 Å². The van der Waals surface area contributed by atoms with Crippen LogP contribution >= 0.6 is 0 Å². The first-order valence-corrected chi connectivity index (χ1v) is 13.0. The van der Waals surface area contributed by atoms with Gasteiger partial charge in [-0.05, 0) is 53.6 Å². The smallest absolute Gasteiger partial charge is 0.135 e. The number of fused-ring (bicyclic) bond motifs is 2. The number of aromatic nitrogens is 6. The highest BCUT2D eigenvalue weighted by Gasteiger charge is 2.16. The van der Waals surface area contributed by atoms with Crippen molar-refractivity contribution >= 4 is 21.9 Å². The number of nitrogens with one attached hydrogen (secondary N) is 3. The molecule has 7 rings (SSSR count). The van der Waals surface area contributed by atoms with Crippen LogP contribution in [0.25, 0.3) is 55.8 Å². The van der Waals surface area contributed by atoms with Crippen molar-refractivity contribution in [1.82, 2.24) is 35.5 Å². The van der Waals surface area contributed by atoms with Gasteiger partial charge in [0.05, 0.1) is 22.6 Å². The molecule has 5 aromatic heterocycles. The molecule has 0 spiro atoms. The van der Waals surface area contributed by atoms with Gasteiger partial charge in [0.1, 0.15) is 17.0 Å². The molecule has 0 aliphatic heterocycles. The second kappa shape index (κ2) is 10.2. The number of hydrogen-bond donors (Lipinski definition) is 3. The van der Waals surface area contributed by atoms with Crippen LogP contribution in [0.1, 0.15) is 11.1 Å². The third-order valence-electron chi connectivity index (χ3n) is 6.90. The zero-order valence-corrected chi connectivity index (χ0v) is 21.4. The van der Waals surface area contributed by atoms with Gasteiger partial charge in [0.15, 0.2) is 0 Å². The molecule has 194 valence electrons. The first-order valence-electron chi connectivity index (χ1n) is 13.0. The largest absolute Gasteiger partial charge is 0.353 e. The summed E-state index contributed by atoms with van der Waals surface area (Å²) in [5, 5.41) is 12.0. The van der Waals surface area contributed by atoms with Gasteiger partial charge in [-0.15, -0.1) is 0 Å². The predicted octanol–water partition coefficient (Wildman–Crippen LogP) is 6.66. The topological polar surface area (TPSA) is 95.2 Å². The summed E-state index contributed by atoms with van der Waals surface area (Å²) in [7, 11) is 0. The van der Waals surface area contributed by atoms with E-state index in [1.165, 1.54) is 17.7 Å². The Morgan fingerprint density at radius 1 is 0.750 bits per heavy atom. The number of benzene rings is 2. The van der Waals surface area contributed by atoms with Gasteiger partial charge >= 0.3 is 0 Å². The summed E-state index contributed by atoms with van der Waals surface area (Å²) >= 11 is 0. The van der Waals surface area contributed by atoms with Crippen molar-refractivity contribution in [2.45, 2.75) is 13.1 Å². The minimum atomic E-state index is -0.298.